The van der Waals surface area contributed by atoms with Gasteiger partial charge in [0.05, 0.1) is 32.2 Å². The van der Waals surface area contributed by atoms with Crippen molar-refractivity contribution in [3.8, 4) is 11.5 Å². The van der Waals surface area contributed by atoms with Gasteiger partial charge in [-0.2, -0.15) is 0 Å². The average molecular weight is 468 g/mol. The Balaban J connectivity index is 1.60. The lowest BCUT2D eigenvalue weighted by atomic mass is 10.2. The second kappa shape index (κ2) is 11.7. The molecule has 1 heterocycles. The van der Waals surface area contributed by atoms with E-state index in [1.807, 2.05) is 16.7 Å². The minimum absolute atomic E-state index is 0.130. The highest BCUT2D eigenvalue weighted by molar-refractivity contribution is 7.99. The van der Waals surface area contributed by atoms with Crippen LogP contribution in [0.4, 0.5) is 5.69 Å². The summed E-state index contributed by atoms with van der Waals surface area (Å²) < 4.78 is 12.2. The smallest absolute Gasteiger partial charge is 0.251 e. The summed E-state index contributed by atoms with van der Waals surface area (Å²) in [4.78, 5) is 24.9. The molecule has 0 fully saturated rings. The largest absolute Gasteiger partial charge is 0.497 e. The topological polar surface area (TPSA) is 107 Å². The molecule has 2 amide bonds. The van der Waals surface area contributed by atoms with Crippen molar-refractivity contribution in [3.63, 3.8) is 0 Å². The Bertz CT molecular complexity index is 1110. The molecule has 3 aromatic rings. The summed E-state index contributed by atoms with van der Waals surface area (Å²) in [6, 6.07) is 14.0. The molecule has 0 aliphatic rings. The normalized spacial score (nSPS) is 10.4. The fourth-order valence-electron chi connectivity index (χ4n) is 2.94. The number of anilines is 1. The third-order valence-electron chi connectivity index (χ3n) is 4.58. The molecule has 0 spiro atoms. The van der Waals surface area contributed by atoms with Crippen molar-refractivity contribution < 1.29 is 19.1 Å². The van der Waals surface area contributed by atoms with Crippen LogP contribution in [0.3, 0.4) is 0 Å². The summed E-state index contributed by atoms with van der Waals surface area (Å²) in [5.41, 5.74) is 1.10. The van der Waals surface area contributed by atoms with Crippen molar-refractivity contribution in [2.75, 3.05) is 25.3 Å². The van der Waals surface area contributed by atoms with Crippen LogP contribution in [0.2, 0.25) is 0 Å². The fourth-order valence-corrected chi connectivity index (χ4v) is 3.70. The molecule has 0 atom stereocenters. The molecule has 0 bridgehead atoms. The minimum Gasteiger partial charge on any atom is -0.497 e. The predicted octanol–water partition coefficient (Wildman–Crippen LogP) is 3.14. The Morgan fingerprint density at radius 3 is 2.55 bits per heavy atom. The highest BCUT2D eigenvalue weighted by Crippen LogP contribution is 2.24. The van der Waals surface area contributed by atoms with Crippen molar-refractivity contribution in [2.45, 2.75) is 18.2 Å². The van der Waals surface area contributed by atoms with Crippen LogP contribution in [0.15, 0.2) is 66.3 Å². The van der Waals surface area contributed by atoms with E-state index in [9.17, 15) is 9.59 Å². The second-order valence-corrected chi connectivity index (χ2v) is 7.69. The molecule has 172 valence electrons. The zero-order valence-electron chi connectivity index (χ0n) is 18.4. The van der Waals surface area contributed by atoms with E-state index in [1.165, 1.54) is 11.8 Å². The number of allylic oxidation sites excluding steroid dienone is 1. The first-order valence-corrected chi connectivity index (χ1v) is 11.0. The van der Waals surface area contributed by atoms with Crippen molar-refractivity contribution >= 4 is 29.3 Å². The number of aromatic nitrogens is 3. The highest BCUT2D eigenvalue weighted by atomic mass is 32.2. The molecule has 0 aliphatic heterocycles. The Morgan fingerprint density at radius 1 is 1.09 bits per heavy atom. The summed E-state index contributed by atoms with van der Waals surface area (Å²) in [5.74, 6) is 1.51. The van der Waals surface area contributed by atoms with Crippen LogP contribution in [0.5, 0.6) is 11.5 Å². The Labute approximate surface area is 196 Å². The van der Waals surface area contributed by atoms with Crippen LogP contribution in [-0.4, -0.2) is 46.6 Å². The van der Waals surface area contributed by atoms with Gasteiger partial charge in [-0.25, -0.2) is 0 Å². The summed E-state index contributed by atoms with van der Waals surface area (Å²) in [6.45, 7) is 4.39. The first-order chi connectivity index (χ1) is 16.0. The first kappa shape index (κ1) is 23.9. The number of thioether (sulfide) groups is 1. The molecular weight excluding hydrogens is 442 g/mol. The third-order valence-corrected chi connectivity index (χ3v) is 5.54. The predicted molar refractivity (Wildman–Crippen MR) is 127 cm³/mol. The van der Waals surface area contributed by atoms with E-state index in [2.05, 4.69) is 27.4 Å². The highest BCUT2D eigenvalue weighted by Gasteiger charge is 2.15. The number of benzene rings is 2. The van der Waals surface area contributed by atoms with Gasteiger partial charge in [0.25, 0.3) is 5.91 Å². The van der Waals surface area contributed by atoms with E-state index in [-0.39, 0.29) is 24.1 Å². The number of hydrogen-bond acceptors (Lipinski definition) is 7. The van der Waals surface area contributed by atoms with Crippen LogP contribution in [0.1, 0.15) is 16.2 Å². The van der Waals surface area contributed by atoms with Gasteiger partial charge in [0, 0.05) is 12.1 Å². The molecule has 2 N–H and O–H groups in total. The van der Waals surface area contributed by atoms with Crippen molar-refractivity contribution in [1.29, 1.82) is 0 Å². The molecule has 0 saturated carbocycles. The van der Waals surface area contributed by atoms with Gasteiger partial charge in [-0.15, -0.1) is 16.8 Å². The van der Waals surface area contributed by atoms with E-state index >= 15 is 0 Å². The number of amides is 2. The van der Waals surface area contributed by atoms with Gasteiger partial charge < -0.3 is 24.7 Å². The monoisotopic (exact) mass is 467 g/mol. The molecule has 33 heavy (non-hydrogen) atoms. The Morgan fingerprint density at radius 2 is 1.85 bits per heavy atom. The van der Waals surface area contributed by atoms with E-state index in [0.29, 0.717) is 40.3 Å². The number of methoxy groups -OCH3 is 2. The standard InChI is InChI=1S/C23H25N5O4S/c1-4-13-28-20(14-24-22(30)16-9-11-17(31-2)12-10-16)26-27-23(28)33-15-21(29)25-18-7-5-6-8-19(18)32-3/h4-12H,1,13-15H2,2-3H3,(H,24,30)(H,25,29). The van der Waals surface area contributed by atoms with Gasteiger partial charge in [-0.05, 0) is 36.4 Å². The van der Waals surface area contributed by atoms with Gasteiger partial charge in [0.1, 0.15) is 11.5 Å². The van der Waals surface area contributed by atoms with Crippen LogP contribution < -0.4 is 20.1 Å². The lowest BCUT2D eigenvalue weighted by molar-refractivity contribution is -0.113. The van der Waals surface area contributed by atoms with Crippen molar-refractivity contribution in [3.05, 3.63) is 72.6 Å². The number of ether oxygens (including phenoxy) is 2. The molecule has 10 heteroatoms. The molecule has 0 aliphatic carbocycles. The maximum atomic E-state index is 12.4. The van der Waals surface area contributed by atoms with Crippen LogP contribution in [0.25, 0.3) is 0 Å². The lowest BCUT2D eigenvalue weighted by Crippen LogP contribution is -2.24. The molecule has 9 nitrogen and oxygen atoms in total. The first-order valence-electron chi connectivity index (χ1n) is 10.1. The minimum atomic E-state index is -0.240. The Kier molecular flexibility index (Phi) is 8.48. The van der Waals surface area contributed by atoms with E-state index in [0.717, 1.165) is 0 Å². The number of carbonyl (C=O) groups is 2. The van der Waals surface area contributed by atoms with Gasteiger partial charge in [-0.1, -0.05) is 30.0 Å². The molecule has 2 aromatic carbocycles. The number of nitrogens with zero attached hydrogens (tertiary/aromatic N) is 3. The maximum absolute atomic E-state index is 12.4. The molecule has 0 radical (unpaired) electrons. The number of carbonyl (C=O) groups excluding carboxylic acids is 2. The molecule has 3 rings (SSSR count). The molecule has 0 saturated heterocycles. The number of rotatable bonds is 11. The van der Waals surface area contributed by atoms with Gasteiger partial charge in [0.15, 0.2) is 11.0 Å². The second-order valence-electron chi connectivity index (χ2n) is 6.75. The van der Waals surface area contributed by atoms with Crippen molar-refractivity contribution in [2.24, 2.45) is 0 Å². The quantitative estimate of drug-likeness (QED) is 0.329. The van der Waals surface area contributed by atoms with Crippen LogP contribution >= 0.6 is 11.8 Å². The summed E-state index contributed by atoms with van der Waals surface area (Å²) in [5, 5.41) is 14.6. The van der Waals surface area contributed by atoms with Gasteiger partial charge in [-0.3, -0.25) is 9.59 Å². The average Bonchev–Trinajstić information content (AvgIpc) is 3.23. The molecule has 0 unspecified atom stereocenters. The van der Waals surface area contributed by atoms with Crippen LogP contribution in [0, 0.1) is 0 Å². The van der Waals surface area contributed by atoms with Crippen molar-refractivity contribution in [1.82, 2.24) is 20.1 Å². The third kappa shape index (κ3) is 6.36. The zero-order valence-corrected chi connectivity index (χ0v) is 19.2. The number of para-hydroxylation sites is 2. The molecular formula is C23H25N5O4S. The zero-order chi connectivity index (χ0) is 23.6. The number of nitrogens with one attached hydrogen (secondary N) is 2. The van der Waals surface area contributed by atoms with Gasteiger partial charge in [0.2, 0.25) is 5.91 Å². The summed E-state index contributed by atoms with van der Waals surface area (Å²) in [7, 11) is 3.12. The SMILES string of the molecule is C=CCn1c(CNC(=O)c2ccc(OC)cc2)nnc1SCC(=O)Nc1ccccc1OC. The number of hydrogen-bond donors (Lipinski definition) is 2. The summed E-state index contributed by atoms with van der Waals surface area (Å²) in [6.07, 6.45) is 1.71. The van der Waals surface area contributed by atoms with Crippen LogP contribution in [-0.2, 0) is 17.9 Å². The summed E-state index contributed by atoms with van der Waals surface area (Å²) >= 11 is 1.25. The lowest BCUT2D eigenvalue weighted by Gasteiger charge is -2.10. The van der Waals surface area contributed by atoms with E-state index < -0.39 is 0 Å². The van der Waals surface area contributed by atoms with E-state index in [1.54, 1.807) is 56.7 Å². The Hall–Kier alpha value is -3.79. The van der Waals surface area contributed by atoms with E-state index in [4.69, 9.17) is 9.47 Å². The fraction of sp³-hybridized carbons (Fsp3) is 0.217. The van der Waals surface area contributed by atoms with Gasteiger partial charge >= 0.3 is 0 Å². The maximum Gasteiger partial charge on any atom is 0.251 e. The molecule has 1 aromatic heterocycles.